The molecule has 5 aliphatic rings. The standard InChI is InChI=1S/C51H90O7/c1-7-8-9-10-11-12-13-14-15-16-17-18-19-20-21-25-45(52)56-35-44-46(53)47(54)48(55)49(58-44)57-39-30-32-50(5)38(34-39)26-27-40-42-29-28-41(37(4)24-22-23-36(2)3)51(42,6)33-31-43(40)50/h26,36-37,39-44,46-49,53-55H,7-25,27-35H2,1-6H3. The minimum Gasteiger partial charge on any atom is -0.463 e. The van der Waals surface area contributed by atoms with E-state index in [0.29, 0.717) is 17.8 Å². The number of ether oxygens (including phenoxy) is 3. The number of carbonyl (C=O) groups excluding carboxylic acids is 1. The molecule has 13 unspecified atom stereocenters. The average molecular weight is 815 g/mol. The van der Waals surface area contributed by atoms with Crippen LogP contribution in [-0.4, -0.2) is 64.7 Å². The smallest absolute Gasteiger partial charge is 0.305 e. The lowest BCUT2D eigenvalue weighted by Gasteiger charge is -2.58. The number of hydrogen-bond donors (Lipinski definition) is 3. The maximum Gasteiger partial charge on any atom is 0.305 e. The van der Waals surface area contributed by atoms with Gasteiger partial charge >= 0.3 is 5.97 Å². The fourth-order valence-electron chi connectivity index (χ4n) is 13.0. The van der Waals surface area contributed by atoms with E-state index in [4.69, 9.17) is 14.2 Å². The van der Waals surface area contributed by atoms with Gasteiger partial charge in [0.15, 0.2) is 6.29 Å². The molecule has 4 fully saturated rings. The lowest BCUT2D eigenvalue weighted by molar-refractivity contribution is -0.313. The highest BCUT2D eigenvalue weighted by Crippen LogP contribution is 2.67. The molecule has 3 N–H and O–H groups in total. The Kier molecular flexibility index (Phi) is 19.4. The molecule has 1 saturated heterocycles. The van der Waals surface area contributed by atoms with Crippen molar-refractivity contribution in [3.63, 3.8) is 0 Å². The summed E-state index contributed by atoms with van der Waals surface area (Å²) in [5.41, 5.74) is 2.15. The molecule has 7 nitrogen and oxygen atoms in total. The SMILES string of the molecule is CCCCCCCCCCCCCCCCCC(=O)OCC1OC(OC2CCC3(C)C(=CCC4C3CCC3(C)C(C(C)CCCC(C)C)CCC43)C2)C(O)C(O)C1O. The molecule has 0 amide bonds. The zero-order chi connectivity index (χ0) is 41.7. The summed E-state index contributed by atoms with van der Waals surface area (Å²) in [6.45, 7) is 14.5. The van der Waals surface area contributed by atoms with E-state index < -0.39 is 30.7 Å². The second kappa shape index (κ2) is 23.5. The fourth-order valence-corrected chi connectivity index (χ4v) is 13.0. The van der Waals surface area contributed by atoms with Gasteiger partial charge < -0.3 is 29.5 Å². The monoisotopic (exact) mass is 815 g/mol. The molecule has 4 aliphatic carbocycles. The first kappa shape index (κ1) is 48.0. The van der Waals surface area contributed by atoms with Gasteiger partial charge in [0, 0.05) is 6.42 Å². The average Bonchev–Trinajstić information content (AvgIpc) is 3.56. The predicted molar refractivity (Wildman–Crippen MR) is 235 cm³/mol. The van der Waals surface area contributed by atoms with E-state index in [-0.39, 0.29) is 24.1 Å². The Labute approximate surface area is 355 Å². The molecule has 1 aliphatic heterocycles. The van der Waals surface area contributed by atoms with Crippen molar-refractivity contribution in [1.29, 1.82) is 0 Å². The van der Waals surface area contributed by atoms with Crippen LogP contribution in [0.25, 0.3) is 0 Å². The first-order valence-corrected chi connectivity index (χ1v) is 25.1. The predicted octanol–water partition coefficient (Wildman–Crippen LogP) is 12.0. The van der Waals surface area contributed by atoms with E-state index in [9.17, 15) is 20.1 Å². The Morgan fingerprint density at radius 3 is 2.03 bits per heavy atom. The Bertz CT molecular complexity index is 1240. The Morgan fingerprint density at radius 1 is 0.759 bits per heavy atom. The van der Waals surface area contributed by atoms with Gasteiger partial charge in [-0.25, -0.2) is 0 Å². The normalized spacial score (nSPS) is 36.6. The molecular formula is C51H90O7. The van der Waals surface area contributed by atoms with Gasteiger partial charge in [0.1, 0.15) is 31.0 Å². The second-order valence-electron chi connectivity index (χ2n) is 21.2. The summed E-state index contributed by atoms with van der Waals surface area (Å²) in [5, 5.41) is 32.5. The van der Waals surface area contributed by atoms with Crippen LogP contribution < -0.4 is 0 Å². The van der Waals surface area contributed by atoms with Gasteiger partial charge in [-0.05, 0) is 104 Å². The van der Waals surface area contributed by atoms with Gasteiger partial charge in [-0.3, -0.25) is 4.79 Å². The van der Waals surface area contributed by atoms with Crippen LogP contribution in [0.15, 0.2) is 11.6 Å². The zero-order valence-electron chi connectivity index (χ0n) is 38.3. The third kappa shape index (κ3) is 12.6. The highest BCUT2D eigenvalue weighted by atomic mass is 16.7. The van der Waals surface area contributed by atoms with E-state index in [0.717, 1.165) is 74.5 Å². The summed E-state index contributed by atoms with van der Waals surface area (Å²) in [7, 11) is 0. The van der Waals surface area contributed by atoms with Crippen LogP contribution in [0.1, 0.15) is 215 Å². The van der Waals surface area contributed by atoms with Crippen molar-refractivity contribution in [3.05, 3.63) is 11.6 Å². The summed E-state index contributed by atoms with van der Waals surface area (Å²) >= 11 is 0. The molecule has 0 spiro atoms. The van der Waals surface area contributed by atoms with Crippen LogP contribution in [0, 0.1) is 46.3 Å². The Balaban J connectivity index is 1.00. The molecule has 7 heteroatoms. The van der Waals surface area contributed by atoms with Crippen molar-refractivity contribution < 1.29 is 34.3 Å². The number of carbonyl (C=O) groups is 1. The van der Waals surface area contributed by atoms with Gasteiger partial charge in [-0.1, -0.05) is 162 Å². The topological polar surface area (TPSA) is 105 Å². The van der Waals surface area contributed by atoms with E-state index in [1.54, 1.807) is 0 Å². The number of aliphatic hydroxyl groups excluding tert-OH is 3. The van der Waals surface area contributed by atoms with Crippen molar-refractivity contribution in [3.8, 4) is 0 Å². The van der Waals surface area contributed by atoms with Crippen LogP contribution in [0.4, 0.5) is 0 Å². The number of aliphatic hydroxyl groups is 3. The van der Waals surface area contributed by atoms with Gasteiger partial charge in [-0.15, -0.1) is 0 Å². The first-order chi connectivity index (χ1) is 27.9. The number of esters is 1. The molecule has 336 valence electrons. The van der Waals surface area contributed by atoms with Gasteiger partial charge in [0.25, 0.3) is 0 Å². The molecule has 0 aromatic carbocycles. The summed E-state index contributed by atoms with van der Waals surface area (Å²) in [6, 6.07) is 0. The molecule has 3 saturated carbocycles. The Hall–Kier alpha value is -0.990. The summed E-state index contributed by atoms with van der Waals surface area (Å²) < 4.78 is 18.0. The van der Waals surface area contributed by atoms with Crippen LogP contribution in [0.3, 0.4) is 0 Å². The van der Waals surface area contributed by atoms with Crippen LogP contribution >= 0.6 is 0 Å². The third-order valence-electron chi connectivity index (χ3n) is 16.6. The molecule has 0 aromatic rings. The number of allylic oxidation sites excluding steroid dienone is 1. The lowest BCUT2D eigenvalue weighted by Crippen LogP contribution is -2.60. The maximum atomic E-state index is 12.6. The summed E-state index contributed by atoms with van der Waals surface area (Å²) in [5.74, 6) is 4.45. The van der Waals surface area contributed by atoms with Gasteiger partial charge in [0.05, 0.1) is 6.10 Å². The van der Waals surface area contributed by atoms with Crippen molar-refractivity contribution in [2.24, 2.45) is 46.3 Å². The fraction of sp³-hybridized carbons (Fsp3) is 0.941. The molecule has 1 heterocycles. The van der Waals surface area contributed by atoms with Crippen LogP contribution in [0.5, 0.6) is 0 Å². The minimum atomic E-state index is -1.44. The van der Waals surface area contributed by atoms with Crippen molar-refractivity contribution >= 4 is 5.97 Å². The minimum absolute atomic E-state index is 0.136. The Morgan fingerprint density at radius 2 is 1.40 bits per heavy atom. The maximum absolute atomic E-state index is 12.6. The van der Waals surface area contributed by atoms with Gasteiger partial charge in [-0.2, -0.15) is 0 Å². The van der Waals surface area contributed by atoms with Crippen molar-refractivity contribution in [2.75, 3.05) is 6.61 Å². The molecule has 0 bridgehead atoms. The molecular weight excluding hydrogens is 725 g/mol. The molecule has 58 heavy (non-hydrogen) atoms. The zero-order valence-corrected chi connectivity index (χ0v) is 38.3. The molecule has 0 aromatic heterocycles. The van der Waals surface area contributed by atoms with E-state index in [1.165, 1.54) is 128 Å². The highest BCUT2D eigenvalue weighted by molar-refractivity contribution is 5.69. The number of rotatable bonds is 25. The lowest BCUT2D eigenvalue weighted by atomic mass is 9.47. The summed E-state index contributed by atoms with van der Waals surface area (Å²) in [6.07, 6.45) is 29.1. The van der Waals surface area contributed by atoms with E-state index in [2.05, 4.69) is 47.6 Å². The van der Waals surface area contributed by atoms with Crippen molar-refractivity contribution in [1.82, 2.24) is 0 Å². The first-order valence-electron chi connectivity index (χ1n) is 25.1. The van der Waals surface area contributed by atoms with Crippen LogP contribution in [-0.2, 0) is 19.0 Å². The highest BCUT2D eigenvalue weighted by Gasteiger charge is 2.59. The number of unbranched alkanes of at least 4 members (excludes halogenated alkanes) is 14. The van der Waals surface area contributed by atoms with Gasteiger partial charge in [0.2, 0.25) is 0 Å². The largest absolute Gasteiger partial charge is 0.463 e. The van der Waals surface area contributed by atoms with Crippen LogP contribution in [0.2, 0.25) is 0 Å². The molecule has 5 rings (SSSR count). The molecule has 0 radical (unpaired) electrons. The van der Waals surface area contributed by atoms with E-state index >= 15 is 0 Å². The quantitative estimate of drug-likeness (QED) is 0.0479. The molecule has 13 atom stereocenters. The number of fused-ring (bicyclic) bond motifs is 5. The van der Waals surface area contributed by atoms with E-state index in [1.807, 2.05) is 0 Å². The third-order valence-corrected chi connectivity index (χ3v) is 16.6. The summed E-state index contributed by atoms with van der Waals surface area (Å²) in [4.78, 5) is 12.6. The second-order valence-corrected chi connectivity index (χ2v) is 21.2. The van der Waals surface area contributed by atoms with Crippen molar-refractivity contribution in [2.45, 2.75) is 252 Å². The number of hydrogen-bond acceptors (Lipinski definition) is 7.